The highest BCUT2D eigenvalue weighted by Crippen LogP contribution is 2.11. The van der Waals surface area contributed by atoms with Crippen LogP contribution in [0.2, 0.25) is 0 Å². The van der Waals surface area contributed by atoms with Gasteiger partial charge in [0.15, 0.2) is 0 Å². The average Bonchev–Trinajstić information content (AvgIpc) is 2.88. The molecule has 1 saturated heterocycles. The van der Waals surface area contributed by atoms with Crippen LogP contribution in [0, 0.1) is 6.92 Å². The van der Waals surface area contributed by atoms with Crippen LogP contribution in [0.25, 0.3) is 0 Å². The van der Waals surface area contributed by atoms with Gasteiger partial charge in [-0.2, -0.15) is 4.98 Å². The van der Waals surface area contributed by atoms with E-state index < -0.39 is 0 Å². The van der Waals surface area contributed by atoms with Gasteiger partial charge in [-0.1, -0.05) is 0 Å². The van der Waals surface area contributed by atoms with E-state index in [0.29, 0.717) is 17.9 Å². The number of nitrogens with one attached hydrogen (secondary N) is 1. The lowest BCUT2D eigenvalue weighted by molar-refractivity contribution is 0.0852. The standard InChI is InChI=1S/C12H17N3O3/c1-8-6-10(15-12(14-8)17-2)11(16)13-7-9-4-3-5-18-9/h6,9H,3-5,7H2,1-2H3,(H,13,16)/t9-/m1/s1. The molecule has 0 spiro atoms. The van der Waals surface area contributed by atoms with Crippen LogP contribution in [0.3, 0.4) is 0 Å². The van der Waals surface area contributed by atoms with Crippen LogP contribution in [-0.2, 0) is 4.74 Å². The summed E-state index contributed by atoms with van der Waals surface area (Å²) in [5.74, 6) is -0.227. The smallest absolute Gasteiger partial charge is 0.317 e. The van der Waals surface area contributed by atoms with Gasteiger partial charge in [0.05, 0.1) is 13.2 Å². The molecule has 1 aromatic heterocycles. The zero-order valence-corrected chi connectivity index (χ0v) is 10.6. The molecular weight excluding hydrogens is 234 g/mol. The molecule has 0 unspecified atom stereocenters. The second-order valence-electron chi connectivity index (χ2n) is 4.23. The number of hydrogen-bond donors (Lipinski definition) is 1. The van der Waals surface area contributed by atoms with Crippen LogP contribution in [0.15, 0.2) is 6.07 Å². The summed E-state index contributed by atoms with van der Waals surface area (Å²) in [6.45, 7) is 3.09. The van der Waals surface area contributed by atoms with Crippen LogP contribution in [-0.4, -0.2) is 42.2 Å². The number of methoxy groups -OCH3 is 1. The van der Waals surface area contributed by atoms with Crippen molar-refractivity contribution in [3.8, 4) is 6.01 Å². The minimum absolute atomic E-state index is 0.124. The Bertz CT molecular complexity index is 431. The maximum Gasteiger partial charge on any atom is 0.317 e. The molecule has 6 nitrogen and oxygen atoms in total. The van der Waals surface area contributed by atoms with E-state index in [4.69, 9.17) is 9.47 Å². The van der Waals surface area contributed by atoms with Crippen molar-refractivity contribution in [1.29, 1.82) is 0 Å². The molecule has 18 heavy (non-hydrogen) atoms. The summed E-state index contributed by atoms with van der Waals surface area (Å²) in [7, 11) is 1.48. The Hall–Kier alpha value is -1.69. The van der Waals surface area contributed by atoms with Gasteiger partial charge in [-0.05, 0) is 25.8 Å². The first-order valence-electron chi connectivity index (χ1n) is 5.98. The first-order valence-corrected chi connectivity index (χ1v) is 5.98. The van der Waals surface area contributed by atoms with Crippen molar-refractivity contribution in [2.75, 3.05) is 20.3 Å². The van der Waals surface area contributed by atoms with Crippen molar-refractivity contribution >= 4 is 5.91 Å². The van der Waals surface area contributed by atoms with Crippen LogP contribution in [0.1, 0.15) is 29.0 Å². The monoisotopic (exact) mass is 251 g/mol. The van der Waals surface area contributed by atoms with Gasteiger partial charge in [0, 0.05) is 18.8 Å². The third kappa shape index (κ3) is 3.16. The lowest BCUT2D eigenvalue weighted by atomic mass is 10.2. The Morgan fingerprint density at radius 3 is 3.11 bits per heavy atom. The number of hydrogen-bond acceptors (Lipinski definition) is 5. The molecule has 1 aromatic rings. The van der Waals surface area contributed by atoms with Gasteiger partial charge in [-0.15, -0.1) is 0 Å². The van der Waals surface area contributed by atoms with Crippen LogP contribution in [0.5, 0.6) is 6.01 Å². The molecule has 6 heteroatoms. The van der Waals surface area contributed by atoms with E-state index in [1.807, 2.05) is 0 Å². The summed E-state index contributed by atoms with van der Waals surface area (Å²) < 4.78 is 10.4. The third-order valence-electron chi connectivity index (χ3n) is 2.76. The number of aryl methyl sites for hydroxylation is 1. The van der Waals surface area contributed by atoms with Gasteiger partial charge in [-0.25, -0.2) is 4.98 Å². The fourth-order valence-corrected chi connectivity index (χ4v) is 1.85. The van der Waals surface area contributed by atoms with E-state index in [1.165, 1.54) is 7.11 Å². The summed E-state index contributed by atoms with van der Waals surface area (Å²) in [5, 5.41) is 2.81. The molecule has 0 saturated carbocycles. The van der Waals surface area contributed by atoms with Gasteiger partial charge in [0.2, 0.25) is 0 Å². The summed E-state index contributed by atoms with van der Waals surface area (Å²) >= 11 is 0. The molecule has 1 aliphatic rings. The quantitative estimate of drug-likeness (QED) is 0.852. The molecule has 98 valence electrons. The molecule has 2 rings (SSSR count). The SMILES string of the molecule is COc1nc(C)cc(C(=O)NC[C@H]2CCCO2)n1. The van der Waals surface area contributed by atoms with Gasteiger partial charge in [-0.3, -0.25) is 4.79 Å². The van der Waals surface area contributed by atoms with Gasteiger partial charge < -0.3 is 14.8 Å². The summed E-state index contributed by atoms with van der Waals surface area (Å²) in [6.07, 6.45) is 2.17. The fraction of sp³-hybridized carbons (Fsp3) is 0.583. The molecular formula is C12H17N3O3. The van der Waals surface area contributed by atoms with Crippen molar-refractivity contribution < 1.29 is 14.3 Å². The molecule has 0 aliphatic carbocycles. The highest BCUT2D eigenvalue weighted by molar-refractivity contribution is 5.92. The maximum atomic E-state index is 11.9. The largest absolute Gasteiger partial charge is 0.467 e. The average molecular weight is 251 g/mol. The first-order chi connectivity index (χ1) is 8.69. The van der Waals surface area contributed by atoms with Crippen molar-refractivity contribution in [3.05, 3.63) is 17.5 Å². The predicted molar refractivity (Wildman–Crippen MR) is 64.6 cm³/mol. The minimum Gasteiger partial charge on any atom is -0.467 e. The Morgan fingerprint density at radius 1 is 1.61 bits per heavy atom. The van der Waals surface area contributed by atoms with Crippen LogP contribution in [0.4, 0.5) is 0 Å². The van der Waals surface area contributed by atoms with Crippen molar-refractivity contribution in [2.45, 2.75) is 25.9 Å². The molecule has 1 fully saturated rings. The van der Waals surface area contributed by atoms with Crippen LogP contribution < -0.4 is 10.1 Å². The van der Waals surface area contributed by atoms with E-state index >= 15 is 0 Å². The predicted octanol–water partition coefficient (Wildman–Crippen LogP) is 0.702. The molecule has 1 aliphatic heterocycles. The first kappa shape index (κ1) is 12.8. The normalized spacial score (nSPS) is 18.7. The fourth-order valence-electron chi connectivity index (χ4n) is 1.85. The van der Waals surface area contributed by atoms with Crippen LogP contribution >= 0.6 is 0 Å². The number of carbonyl (C=O) groups is 1. The molecule has 1 atom stereocenters. The van der Waals surface area contributed by atoms with Gasteiger partial charge >= 0.3 is 6.01 Å². The number of amides is 1. The number of ether oxygens (including phenoxy) is 2. The van der Waals surface area contributed by atoms with E-state index in [2.05, 4.69) is 15.3 Å². The van der Waals surface area contributed by atoms with E-state index in [1.54, 1.807) is 13.0 Å². The Labute approximate surface area is 106 Å². The summed E-state index contributed by atoms with van der Waals surface area (Å²) in [6, 6.07) is 1.84. The third-order valence-corrected chi connectivity index (χ3v) is 2.76. The van der Waals surface area contributed by atoms with Crippen molar-refractivity contribution in [2.24, 2.45) is 0 Å². The van der Waals surface area contributed by atoms with Gasteiger partial charge in [0.25, 0.3) is 5.91 Å². The van der Waals surface area contributed by atoms with Crippen molar-refractivity contribution in [1.82, 2.24) is 15.3 Å². The van der Waals surface area contributed by atoms with E-state index in [-0.39, 0.29) is 18.0 Å². The van der Waals surface area contributed by atoms with E-state index in [0.717, 1.165) is 19.4 Å². The molecule has 1 amide bonds. The number of aromatic nitrogens is 2. The molecule has 2 heterocycles. The zero-order chi connectivity index (χ0) is 13.0. The number of nitrogens with zero attached hydrogens (tertiary/aromatic N) is 2. The number of rotatable bonds is 4. The summed E-state index contributed by atoms with van der Waals surface area (Å²) in [4.78, 5) is 20.0. The zero-order valence-electron chi connectivity index (χ0n) is 10.6. The molecule has 0 bridgehead atoms. The minimum atomic E-state index is -0.227. The Kier molecular flexibility index (Phi) is 4.09. The van der Waals surface area contributed by atoms with Crippen molar-refractivity contribution in [3.63, 3.8) is 0 Å². The lowest BCUT2D eigenvalue weighted by Crippen LogP contribution is -2.32. The second kappa shape index (κ2) is 5.77. The summed E-state index contributed by atoms with van der Waals surface area (Å²) in [5.41, 5.74) is 1.02. The Balaban J connectivity index is 1.97. The van der Waals surface area contributed by atoms with E-state index in [9.17, 15) is 4.79 Å². The maximum absolute atomic E-state index is 11.9. The second-order valence-corrected chi connectivity index (χ2v) is 4.23. The Morgan fingerprint density at radius 2 is 2.44 bits per heavy atom. The number of carbonyl (C=O) groups excluding carboxylic acids is 1. The highest BCUT2D eigenvalue weighted by Gasteiger charge is 2.17. The molecule has 0 radical (unpaired) electrons. The lowest BCUT2D eigenvalue weighted by Gasteiger charge is -2.10. The molecule has 1 N–H and O–H groups in total. The van der Waals surface area contributed by atoms with Gasteiger partial charge in [0.1, 0.15) is 5.69 Å². The topological polar surface area (TPSA) is 73.3 Å². The molecule has 0 aromatic carbocycles. The highest BCUT2D eigenvalue weighted by atomic mass is 16.5.